The van der Waals surface area contributed by atoms with E-state index in [9.17, 15) is 4.79 Å². The van der Waals surface area contributed by atoms with Crippen molar-refractivity contribution in [1.82, 2.24) is 10.2 Å². The maximum Gasteiger partial charge on any atom is 0.220 e. The lowest BCUT2D eigenvalue weighted by molar-refractivity contribution is -0.121. The van der Waals surface area contributed by atoms with Crippen molar-refractivity contribution >= 4 is 40.4 Å². The normalized spacial score (nSPS) is 14.1. The van der Waals surface area contributed by atoms with Crippen LogP contribution >= 0.6 is 34.5 Å². The zero-order valence-electron chi connectivity index (χ0n) is 14.5. The summed E-state index contributed by atoms with van der Waals surface area (Å²) in [6, 6.07) is 7.32. The Labute approximate surface area is 168 Å². The van der Waals surface area contributed by atoms with Crippen molar-refractivity contribution in [2.45, 2.75) is 25.8 Å². The number of nitrogens with one attached hydrogen (secondary N) is 1. The molecule has 4 nitrogen and oxygen atoms in total. The fourth-order valence-corrected chi connectivity index (χ4v) is 4.30. The molecule has 0 bridgehead atoms. The summed E-state index contributed by atoms with van der Waals surface area (Å²) in [7, 11) is 0. The Bertz CT molecular complexity index is 751. The fourth-order valence-electron chi connectivity index (χ4n) is 2.95. The van der Waals surface area contributed by atoms with Crippen LogP contribution in [-0.4, -0.2) is 37.0 Å². The summed E-state index contributed by atoms with van der Waals surface area (Å²) >= 11 is 13.7. The molecule has 26 heavy (non-hydrogen) atoms. The molecule has 7 heteroatoms. The van der Waals surface area contributed by atoms with Crippen LogP contribution in [0, 0.1) is 0 Å². The molecule has 1 aromatic carbocycles. The molecule has 1 aliphatic rings. The van der Waals surface area contributed by atoms with E-state index < -0.39 is 0 Å². The summed E-state index contributed by atoms with van der Waals surface area (Å²) in [5, 5.41) is 6.21. The average molecular weight is 413 g/mol. The second-order valence-corrected chi connectivity index (χ2v) is 8.12. The van der Waals surface area contributed by atoms with E-state index in [0.29, 0.717) is 41.8 Å². The number of carbonyl (C=O) groups is 1. The lowest BCUT2D eigenvalue weighted by Crippen LogP contribution is -2.37. The number of benzene rings is 1. The van der Waals surface area contributed by atoms with Crippen molar-refractivity contribution < 1.29 is 9.53 Å². The molecule has 0 radical (unpaired) electrons. The molecule has 2 aromatic rings. The molecule has 0 atom stereocenters. The van der Waals surface area contributed by atoms with Crippen LogP contribution < -0.4 is 10.1 Å². The standard InChI is InChI=1S/C19H22Cl2N2O2S/c20-15-3-4-17(16(21)12-15)25-10-1-2-19(24)22-7-9-23-8-5-18-14(13-23)6-11-26-18/h3-4,6,11-12H,1-2,5,7-10,13H2,(H,22,24). The van der Waals surface area contributed by atoms with Crippen molar-refractivity contribution in [1.29, 1.82) is 0 Å². The van der Waals surface area contributed by atoms with Gasteiger partial charge in [-0.25, -0.2) is 0 Å². The van der Waals surface area contributed by atoms with Crippen LogP contribution in [0.4, 0.5) is 0 Å². The number of hydrogen-bond donors (Lipinski definition) is 1. The molecule has 140 valence electrons. The number of nitrogens with zero attached hydrogens (tertiary/aromatic N) is 1. The van der Waals surface area contributed by atoms with Gasteiger partial charge in [0.2, 0.25) is 5.91 Å². The molecule has 0 aliphatic carbocycles. The number of halogens is 2. The molecular formula is C19H22Cl2N2O2S. The topological polar surface area (TPSA) is 41.6 Å². The molecule has 1 aromatic heterocycles. The van der Waals surface area contributed by atoms with Gasteiger partial charge >= 0.3 is 0 Å². The molecule has 1 amide bonds. The molecule has 2 heterocycles. The summed E-state index contributed by atoms with van der Waals surface area (Å²) < 4.78 is 5.59. The first-order valence-electron chi connectivity index (χ1n) is 8.74. The van der Waals surface area contributed by atoms with E-state index >= 15 is 0 Å². The molecule has 0 saturated heterocycles. The second-order valence-electron chi connectivity index (χ2n) is 6.27. The number of fused-ring (bicyclic) bond motifs is 1. The van der Waals surface area contributed by atoms with E-state index in [1.807, 2.05) is 11.3 Å². The molecule has 0 fully saturated rings. The van der Waals surface area contributed by atoms with Crippen molar-refractivity contribution in [3.63, 3.8) is 0 Å². The van der Waals surface area contributed by atoms with Crippen LogP contribution in [-0.2, 0) is 17.8 Å². The fraction of sp³-hybridized carbons (Fsp3) is 0.421. The van der Waals surface area contributed by atoms with Gasteiger partial charge in [-0.3, -0.25) is 9.69 Å². The van der Waals surface area contributed by atoms with Gasteiger partial charge in [0.15, 0.2) is 0 Å². The Kier molecular flexibility index (Phi) is 7.20. The van der Waals surface area contributed by atoms with Gasteiger partial charge in [0.1, 0.15) is 5.75 Å². The molecular weight excluding hydrogens is 391 g/mol. The van der Waals surface area contributed by atoms with Crippen molar-refractivity contribution in [2.24, 2.45) is 0 Å². The maximum absolute atomic E-state index is 11.9. The van der Waals surface area contributed by atoms with E-state index in [-0.39, 0.29) is 5.91 Å². The minimum Gasteiger partial charge on any atom is -0.492 e. The minimum absolute atomic E-state index is 0.0593. The Hall–Kier alpha value is -1.27. The van der Waals surface area contributed by atoms with Crippen LogP contribution in [0.1, 0.15) is 23.3 Å². The average Bonchev–Trinajstić information content (AvgIpc) is 3.08. The SMILES string of the molecule is O=C(CCCOc1ccc(Cl)cc1Cl)NCCN1CCc2sccc2C1. The number of amides is 1. The lowest BCUT2D eigenvalue weighted by Gasteiger charge is -2.26. The molecule has 1 aliphatic heterocycles. The van der Waals surface area contributed by atoms with E-state index in [2.05, 4.69) is 21.7 Å². The van der Waals surface area contributed by atoms with E-state index in [4.69, 9.17) is 27.9 Å². The largest absolute Gasteiger partial charge is 0.492 e. The minimum atomic E-state index is 0.0593. The summed E-state index contributed by atoms with van der Waals surface area (Å²) in [5.41, 5.74) is 1.44. The molecule has 0 unspecified atom stereocenters. The Morgan fingerprint density at radius 1 is 1.31 bits per heavy atom. The van der Waals surface area contributed by atoms with Crippen LogP contribution in [0.3, 0.4) is 0 Å². The molecule has 0 saturated carbocycles. The van der Waals surface area contributed by atoms with Gasteiger partial charge in [0, 0.05) is 42.5 Å². The predicted octanol–water partition coefficient (Wildman–Crippen LogP) is 4.39. The van der Waals surface area contributed by atoms with Gasteiger partial charge in [0.05, 0.1) is 11.6 Å². The Morgan fingerprint density at radius 3 is 3.04 bits per heavy atom. The Morgan fingerprint density at radius 2 is 2.19 bits per heavy atom. The summed E-state index contributed by atoms with van der Waals surface area (Å²) in [5.74, 6) is 0.651. The quantitative estimate of drug-likeness (QED) is 0.653. The molecule has 0 spiro atoms. The van der Waals surface area contributed by atoms with Gasteiger partial charge in [-0.1, -0.05) is 23.2 Å². The third-order valence-electron chi connectivity index (χ3n) is 4.34. The summed E-state index contributed by atoms with van der Waals surface area (Å²) in [4.78, 5) is 15.8. The predicted molar refractivity (Wildman–Crippen MR) is 108 cm³/mol. The van der Waals surface area contributed by atoms with Crippen LogP contribution in [0.25, 0.3) is 0 Å². The van der Waals surface area contributed by atoms with E-state index in [1.54, 1.807) is 18.2 Å². The number of ether oxygens (including phenoxy) is 1. The number of rotatable bonds is 8. The van der Waals surface area contributed by atoms with E-state index in [0.717, 1.165) is 26.1 Å². The van der Waals surface area contributed by atoms with Crippen molar-refractivity contribution in [2.75, 3.05) is 26.2 Å². The summed E-state index contributed by atoms with van der Waals surface area (Å²) in [6.45, 7) is 4.07. The first-order chi connectivity index (χ1) is 12.6. The van der Waals surface area contributed by atoms with Gasteiger partial charge in [-0.15, -0.1) is 11.3 Å². The van der Waals surface area contributed by atoms with Crippen LogP contribution in [0.15, 0.2) is 29.6 Å². The second kappa shape index (κ2) is 9.60. The first kappa shape index (κ1) is 19.5. The van der Waals surface area contributed by atoms with E-state index in [1.165, 1.54) is 10.4 Å². The van der Waals surface area contributed by atoms with Gasteiger partial charge < -0.3 is 10.1 Å². The lowest BCUT2D eigenvalue weighted by atomic mass is 10.1. The highest BCUT2D eigenvalue weighted by Crippen LogP contribution is 2.27. The smallest absolute Gasteiger partial charge is 0.220 e. The number of thiophene rings is 1. The number of hydrogen-bond acceptors (Lipinski definition) is 4. The highest BCUT2D eigenvalue weighted by Gasteiger charge is 2.16. The Balaban J connectivity index is 1.28. The zero-order valence-corrected chi connectivity index (χ0v) is 16.8. The zero-order chi connectivity index (χ0) is 18.4. The van der Waals surface area contributed by atoms with Gasteiger partial charge in [0.25, 0.3) is 0 Å². The highest BCUT2D eigenvalue weighted by atomic mass is 35.5. The highest BCUT2D eigenvalue weighted by molar-refractivity contribution is 7.10. The first-order valence-corrected chi connectivity index (χ1v) is 10.4. The number of carbonyl (C=O) groups excluding carboxylic acids is 1. The van der Waals surface area contributed by atoms with Gasteiger partial charge in [-0.05, 0) is 48.1 Å². The van der Waals surface area contributed by atoms with Crippen molar-refractivity contribution in [3.8, 4) is 5.75 Å². The third-order valence-corrected chi connectivity index (χ3v) is 5.89. The maximum atomic E-state index is 11.9. The van der Waals surface area contributed by atoms with Crippen molar-refractivity contribution in [3.05, 3.63) is 50.1 Å². The van der Waals surface area contributed by atoms with Gasteiger partial charge in [-0.2, -0.15) is 0 Å². The van der Waals surface area contributed by atoms with Crippen LogP contribution in [0.5, 0.6) is 5.75 Å². The monoisotopic (exact) mass is 412 g/mol. The molecule has 3 rings (SSSR count). The summed E-state index contributed by atoms with van der Waals surface area (Å²) in [6.07, 6.45) is 2.21. The third kappa shape index (κ3) is 5.61. The van der Waals surface area contributed by atoms with Crippen LogP contribution in [0.2, 0.25) is 10.0 Å². The molecule has 1 N–H and O–H groups in total.